The molecule has 2 amide bonds. The Hall–Kier alpha value is -2.48. The number of thioether (sulfide) groups is 1. The lowest BCUT2D eigenvalue weighted by Crippen LogP contribution is -2.46. The number of aliphatic hydroxyl groups is 3. The van der Waals surface area contributed by atoms with Gasteiger partial charge in [0.15, 0.2) is 22.8 Å². The van der Waals surface area contributed by atoms with Crippen LogP contribution in [0.3, 0.4) is 0 Å². The quantitative estimate of drug-likeness (QED) is 0.0450. The lowest BCUT2D eigenvalue weighted by Gasteiger charge is -2.30. The molecule has 2 aromatic rings. The summed E-state index contributed by atoms with van der Waals surface area (Å²) in [6, 6.07) is 0. The van der Waals surface area contributed by atoms with Crippen molar-refractivity contribution in [2.24, 2.45) is 5.41 Å². The Labute approximate surface area is 342 Å². The number of aliphatic hydroxyl groups excluding tert-OH is 3. The van der Waals surface area contributed by atoms with Gasteiger partial charge in [-0.05, 0) is 6.42 Å². The Morgan fingerprint density at radius 3 is 2.39 bits per heavy atom. The maximum atomic E-state index is 12.7. The molecule has 0 bridgehead atoms. The number of ether oxygens (including phenoxy) is 1. The van der Waals surface area contributed by atoms with Gasteiger partial charge in [-0.1, -0.05) is 58.2 Å². The molecular weight excluding hydrogens is 871 g/mol. The first kappa shape index (κ1) is 50.9. The van der Waals surface area contributed by atoms with Crippen molar-refractivity contribution in [3.63, 3.8) is 0 Å². The van der Waals surface area contributed by atoms with Gasteiger partial charge in [-0.2, -0.15) is 4.31 Å². The third-order valence-corrected chi connectivity index (χ3v) is 12.6. The number of carbonyl (C=O) groups excluding carboxylic acids is 3. The zero-order valence-corrected chi connectivity index (χ0v) is 35.8. The summed E-state index contributed by atoms with van der Waals surface area (Å²) in [6.45, 7) is 2.47. The predicted octanol–water partition coefficient (Wildman–Crippen LogP) is 0.386. The summed E-state index contributed by atoms with van der Waals surface area (Å²) in [4.78, 5) is 87.8. The zero-order valence-electron chi connectivity index (χ0n) is 32.3. The lowest BCUT2D eigenvalue weighted by atomic mass is 9.87. The monoisotopic (exact) mass is 923 g/mol. The number of amides is 2. The topological polar surface area (TPSA) is 384 Å². The van der Waals surface area contributed by atoms with E-state index in [2.05, 4.69) is 41.3 Å². The van der Waals surface area contributed by atoms with Gasteiger partial charge in [0, 0.05) is 37.1 Å². The number of nitrogens with zero attached hydrogens (tertiary/aromatic N) is 4. The van der Waals surface area contributed by atoms with E-state index in [1.165, 1.54) is 13.8 Å². The molecule has 0 spiro atoms. The van der Waals surface area contributed by atoms with Crippen molar-refractivity contribution in [1.82, 2.24) is 30.2 Å². The Kier molecular flexibility index (Phi) is 19.5. The van der Waals surface area contributed by atoms with Gasteiger partial charge in [0.05, 0.1) is 25.6 Å². The molecule has 1 saturated heterocycles. The van der Waals surface area contributed by atoms with Crippen molar-refractivity contribution in [2.45, 2.75) is 102 Å². The van der Waals surface area contributed by atoms with E-state index in [4.69, 9.17) is 19.5 Å². The van der Waals surface area contributed by atoms with Crippen LogP contribution in [-0.2, 0) is 50.7 Å². The first-order valence-corrected chi connectivity index (χ1v) is 23.7. The minimum atomic E-state index is -5.58. The highest BCUT2D eigenvalue weighted by Crippen LogP contribution is 2.61. The Balaban J connectivity index is 1.43. The second-order valence-corrected chi connectivity index (χ2v) is 19.4. The van der Waals surface area contributed by atoms with Crippen LogP contribution in [0.1, 0.15) is 71.9 Å². The number of nitrogen functional groups attached to an aromatic ring is 1. The van der Waals surface area contributed by atoms with Crippen LogP contribution in [0.2, 0.25) is 0 Å². The maximum Gasteiger partial charge on any atom is 0.481 e. The van der Waals surface area contributed by atoms with E-state index < -0.39 is 90.7 Å². The van der Waals surface area contributed by atoms with Crippen LogP contribution in [0.4, 0.5) is 5.82 Å². The molecule has 1 fully saturated rings. The van der Waals surface area contributed by atoms with Crippen LogP contribution >= 0.6 is 35.2 Å². The third-order valence-electron chi connectivity index (χ3n) is 8.56. The van der Waals surface area contributed by atoms with E-state index in [1.54, 1.807) is 0 Å². The minimum absolute atomic E-state index is 0.0205. The Morgan fingerprint density at radius 1 is 1.02 bits per heavy atom. The largest absolute Gasteiger partial charge is 0.481 e. The number of hydrogen-bond acceptors (Lipinski definition) is 19. The number of imidazole rings is 1. The second-order valence-electron chi connectivity index (χ2n) is 14.0. The van der Waals surface area contributed by atoms with Gasteiger partial charge < -0.3 is 56.0 Å². The van der Waals surface area contributed by atoms with Crippen molar-refractivity contribution in [3.8, 4) is 0 Å². The number of nitrogens with two attached hydrogens (primary N) is 1. The first-order chi connectivity index (χ1) is 27.4. The maximum absolute atomic E-state index is 12.7. The molecule has 59 heavy (non-hydrogen) atoms. The first-order valence-electron chi connectivity index (χ1n) is 18.2. The van der Waals surface area contributed by atoms with Crippen LogP contribution in [-0.4, -0.2) is 134 Å². The van der Waals surface area contributed by atoms with Crippen molar-refractivity contribution < 1.29 is 85.6 Å². The number of carbonyl (C=O) groups is 3. The number of anilines is 1. The zero-order chi connectivity index (χ0) is 44.2. The molecule has 2 unspecified atom stereocenters. The molecular formula is C30H52N7O18P3S. The molecule has 8 atom stereocenters. The Bertz CT molecular complexity index is 1870. The van der Waals surface area contributed by atoms with Gasteiger partial charge in [0.1, 0.15) is 36.3 Å². The van der Waals surface area contributed by atoms with Crippen molar-refractivity contribution >= 4 is 69.1 Å². The molecule has 336 valence electrons. The number of aromatic nitrogens is 4. The number of nitrogens with one attached hydrogen (secondary N) is 2. The van der Waals surface area contributed by atoms with Crippen molar-refractivity contribution in [2.75, 3.05) is 37.8 Å². The van der Waals surface area contributed by atoms with Crippen molar-refractivity contribution in [1.29, 1.82) is 0 Å². The molecule has 0 saturated carbocycles. The van der Waals surface area contributed by atoms with E-state index in [0.29, 0.717) is 6.42 Å². The molecule has 11 N–H and O–H groups in total. The van der Waals surface area contributed by atoms with Crippen LogP contribution in [0.5, 0.6) is 0 Å². The molecule has 1 aliphatic rings. The van der Waals surface area contributed by atoms with Gasteiger partial charge in [-0.15, -0.1) is 0 Å². The summed E-state index contributed by atoms with van der Waals surface area (Å²) in [5.41, 5.74) is 4.24. The minimum Gasteiger partial charge on any atom is -0.393 e. The fourth-order valence-corrected chi connectivity index (χ4v) is 9.03. The van der Waals surface area contributed by atoms with Crippen molar-refractivity contribution in [3.05, 3.63) is 12.7 Å². The molecule has 25 nitrogen and oxygen atoms in total. The van der Waals surface area contributed by atoms with Crippen LogP contribution in [0.25, 0.3) is 11.2 Å². The lowest BCUT2D eigenvalue weighted by molar-refractivity contribution is -0.137. The average Bonchev–Trinajstić information content (AvgIpc) is 3.70. The molecule has 3 heterocycles. The van der Waals surface area contributed by atoms with Gasteiger partial charge in [-0.3, -0.25) is 32.5 Å². The number of fused-ring (bicyclic) bond motifs is 1. The summed E-state index contributed by atoms with van der Waals surface area (Å²) < 4.78 is 62.2. The van der Waals surface area contributed by atoms with E-state index in [-0.39, 0.29) is 53.8 Å². The molecule has 0 aromatic carbocycles. The molecule has 0 radical (unpaired) electrons. The van der Waals surface area contributed by atoms with E-state index in [1.807, 2.05) is 0 Å². The predicted molar refractivity (Wildman–Crippen MR) is 206 cm³/mol. The van der Waals surface area contributed by atoms with Crippen LogP contribution < -0.4 is 16.4 Å². The van der Waals surface area contributed by atoms with E-state index >= 15 is 0 Å². The standard InChI is InChI=1S/C30H52N7O18P3S/c1-4-5-6-7-8-18(38)13-21(40)59-12-11-32-20(39)9-10-33-28(43)25(42)30(2,3)15-52-58(49,50)55-57(47,48)51-14-19-24(54-56(44,45)46)23(41)29(53-19)37-17-36-22-26(31)34-16-35-27(22)37/h16-19,23-25,29,38,41-42H,4-15H2,1-3H3,(H,32,39)(H,33,43)(H,47,48)(H,49,50)(H2,31,34,35)(H2,44,45,46)/t18-,19-,23-,24-,25+,29-/m1/s1. The summed E-state index contributed by atoms with van der Waals surface area (Å²) in [6.07, 6.45) is -3.15. The van der Waals surface area contributed by atoms with E-state index in [9.17, 15) is 63.0 Å². The molecule has 1 aliphatic heterocycles. The normalized spacial score (nSPS) is 21.7. The summed E-state index contributed by atoms with van der Waals surface area (Å²) in [5.74, 6) is -1.23. The molecule has 3 rings (SSSR count). The van der Waals surface area contributed by atoms with Gasteiger partial charge in [-0.25, -0.2) is 28.6 Å². The Morgan fingerprint density at radius 2 is 1.71 bits per heavy atom. The van der Waals surface area contributed by atoms with Gasteiger partial charge >= 0.3 is 23.5 Å². The number of phosphoric ester groups is 3. The highest BCUT2D eigenvalue weighted by Gasteiger charge is 2.50. The highest BCUT2D eigenvalue weighted by atomic mass is 32.2. The number of phosphoric acid groups is 3. The second kappa shape index (κ2) is 22.6. The van der Waals surface area contributed by atoms with Gasteiger partial charge in [0.25, 0.3) is 0 Å². The van der Waals surface area contributed by atoms with Crippen LogP contribution in [0.15, 0.2) is 12.7 Å². The highest BCUT2D eigenvalue weighted by molar-refractivity contribution is 8.13. The smallest absolute Gasteiger partial charge is 0.393 e. The summed E-state index contributed by atoms with van der Waals surface area (Å²) in [7, 11) is -16.4. The summed E-state index contributed by atoms with van der Waals surface area (Å²) >= 11 is 0.982. The van der Waals surface area contributed by atoms with E-state index in [0.717, 1.165) is 54.7 Å². The molecule has 0 aliphatic carbocycles. The van der Waals surface area contributed by atoms with Gasteiger partial charge in [0.2, 0.25) is 11.8 Å². The SMILES string of the molecule is CCCCCC[C@@H](O)CC(=O)SCCNC(=O)CCNC(=O)[C@H](O)C(C)(C)COP(=O)(O)OP(=O)(O)OC[C@H]1O[C@@H](n2cnc3c(N)ncnc32)[C@H](O)[C@@H]1OP(=O)(O)O. The summed E-state index contributed by atoms with van der Waals surface area (Å²) in [5, 5.41) is 36.2. The molecule has 2 aromatic heterocycles. The average molecular weight is 924 g/mol. The number of hydrogen-bond donors (Lipinski definition) is 10. The fourth-order valence-electron chi connectivity index (χ4n) is 5.46. The fraction of sp³-hybridized carbons (Fsp3) is 0.733. The molecule has 29 heteroatoms. The van der Waals surface area contributed by atoms with Crippen LogP contribution in [0, 0.1) is 5.41 Å². The number of unbranched alkanes of at least 4 members (excludes halogenated alkanes) is 3. The third kappa shape index (κ3) is 16.7. The number of rotatable bonds is 26.